The zero-order valence-corrected chi connectivity index (χ0v) is 16.5. The van der Waals surface area contributed by atoms with E-state index in [-0.39, 0.29) is 35.3 Å². The first kappa shape index (κ1) is 21.9. The highest BCUT2D eigenvalue weighted by Gasteiger charge is 2.41. The van der Waals surface area contributed by atoms with Crippen molar-refractivity contribution in [3.63, 3.8) is 0 Å². The molecule has 0 amide bonds. The second-order valence-electron chi connectivity index (χ2n) is 6.60. The number of hydrogen-bond donors (Lipinski definition) is 2. The highest BCUT2D eigenvalue weighted by molar-refractivity contribution is 7.89. The first-order valence-electron chi connectivity index (χ1n) is 8.19. The van der Waals surface area contributed by atoms with E-state index in [1.807, 2.05) is 6.92 Å². The molecule has 0 heterocycles. The maximum Gasteiger partial charge on any atom is 0.339 e. The van der Waals surface area contributed by atoms with E-state index in [2.05, 4.69) is 4.72 Å². The monoisotopic (exact) mass is 390 g/mol. The number of rotatable bonds is 5. The minimum Gasteiger partial charge on any atom is -0.465 e. The summed E-state index contributed by atoms with van der Waals surface area (Å²) in [7, 11) is -2.66. The Balaban J connectivity index is 0.00000312. The number of nitrogens with two attached hydrogens (primary N) is 1. The summed E-state index contributed by atoms with van der Waals surface area (Å²) < 4.78 is 33.5. The van der Waals surface area contributed by atoms with Crippen molar-refractivity contribution in [3.05, 3.63) is 29.3 Å². The number of esters is 1. The summed E-state index contributed by atoms with van der Waals surface area (Å²) in [4.78, 5) is 11.9. The van der Waals surface area contributed by atoms with Gasteiger partial charge >= 0.3 is 5.97 Å². The lowest BCUT2D eigenvalue weighted by Gasteiger charge is -2.42. The molecule has 6 nitrogen and oxygen atoms in total. The number of sulfonamides is 1. The molecule has 1 aromatic rings. The summed E-state index contributed by atoms with van der Waals surface area (Å²) >= 11 is 0. The summed E-state index contributed by atoms with van der Waals surface area (Å²) in [5.74, 6) is -0.532. The van der Waals surface area contributed by atoms with Gasteiger partial charge in [0, 0.05) is 12.1 Å². The van der Waals surface area contributed by atoms with Gasteiger partial charge in [-0.15, -0.1) is 12.4 Å². The largest absolute Gasteiger partial charge is 0.465 e. The summed E-state index contributed by atoms with van der Waals surface area (Å²) in [5, 5.41) is 0. The third-order valence-corrected chi connectivity index (χ3v) is 6.60. The third-order valence-electron chi connectivity index (χ3n) is 4.99. The molecule has 25 heavy (non-hydrogen) atoms. The number of nitrogens with one attached hydrogen (secondary N) is 1. The van der Waals surface area contributed by atoms with Crippen molar-refractivity contribution in [1.82, 2.24) is 4.72 Å². The number of halogens is 1. The fourth-order valence-electron chi connectivity index (χ4n) is 3.38. The van der Waals surface area contributed by atoms with E-state index in [0.717, 1.165) is 24.8 Å². The SMILES string of the molecule is COC(=O)c1cc(C)ccc1S(=O)(=O)NC1(CN)CCCCC1C.Cl. The Morgan fingerprint density at radius 2 is 2.08 bits per heavy atom. The van der Waals surface area contributed by atoms with Gasteiger partial charge in [0.05, 0.1) is 17.6 Å². The zero-order chi connectivity index (χ0) is 18.0. The van der Waals surface area contributed by atoms with Crippen LogP contribution in [0.1, 0.15) is 48.5 Å². The number of benzene rings is 1. The van der Waals surface area contributed by atoms with Crippen LogP contribution < -0.4 is 10.5 Å². The zero-order valence-electron chi connectivity index (χ0n) is 14.9. The summed E-state index contributed by atoms with van der Waals surface area (Å²) in [5.41, 5.74) is 6.10. The lowest BCUT2D eigenvalue weighted by atomic mass is 9.74. The highest BCUT2D eigenvalue weighted by Crippen LogP contribution is 2.34. The molecule has 8 heteroatoms. The van der Waals surface area contributed by atoms with Gasteiger partial charge in [-0.25, -0.2) is 17.9 Å². The second-order valence-corrected chi connectivity index (χ2v) is 8.25. The molecule has 0 saturated heterocycles. The van der Waals surface area contributed by atoms with Gasteiger partial charge in [0.15, 0.2) is 0 Å². The van der Waals surface area contributed by atoms with Gasteiger partial charge in [-0.05, 0) is 37.8 Å². The van der Waals surface area contributed by atoms with Crippen molar-refractivity contribution in [2.45, 2.75) is 50.0 Å². The Hall–Kier alpha value is -1.15. The van der Waals surface area contributed by atoms with Crippen molar-refractivity contribution in [2.24, 2.45) is 11.7 Å². The molecule has 2 unspecified atom stereocenters. The van der Waals surface area contributed by atoms with Crippen LogP contribution in [0, 0.1) is 12.8 Å². The molecule has 2 atom stereocenters. The van der Waals surface area contributed by atoms with Gasteiger partial charge in [-0.2, -0.15) is 0 Å². The summed E-state index contributed by atoms with van der Waals surface area (Å²) in [6, 6.07) is 4.64. The Morgan fingerprint density at radius 1 is 1.40 bits per heavy atom. The van der Waals surface area contributed by atoms with Crippen LogP contribution in [0.5, 0.6) is 0 Å². The van der Waals surface area contributed by atoms with Crippen LogP contribution in [-0.4, -0.2) is 33.6 Å². The minimum atomic E-state index is -3.90. The molecular formula is C17H27ClN2O4S. The predicted octanol–water partition coefficient (Wildman–Crippen LogP) is 2.39. The fourth-order valence-corrected chi connectivity index (χ4v) is 5.09. The first-order chi connectivity index (χ1) is 11.3. The van der Waals surface area contributed by atoms with Crippen LogP contribution in [-0.2, 0) is 14.8 Å². The van der Waals surface area contributed by atoms with Gasteiger partial charge in [0.1, 0.15) is 0 Å². The van der Waals surface area contributed by atoms with Crippen LogP contribution in [0.2, 0.25) is 0 Å². The molecule has 1 aromatic carbocycles. The van der Waals surface area contributed by atoms with E-state index in [0.29, 0.717) is 6.42 Å². The molecule has 1 saturated carbocycles. The average Bonchev–Trinajstić information content (AvgIpc) is 2.55. The van der Waals surface area contributed by atoms with Crippen molar-refractivity contribution < 1.29 is 17.9 Å². The fraction of sp³-hybridized carbons (Fsp3) is 0.588. The standard InChI is InChI=1S/C17H26N2O4S.ClH/c1-12-7-8-15(14(10-12)16(20)23-3)24(21,22)19-17(11-18)9-5-4-6-13(17)2;/h7-8,10,13,19H,4-6,9,11,18H2,1-3H3;1H. The highest BCUT2D eigenvalue weighted by atomic mass is 35.5. The second kappa shape index (κ2) is 8.49. The Labute approximate surface area is 156 Å². The molecule has 2 rings (SSSR count). The van der Waals surface area contributed by atoms with Crippen LogP contribution >= 0.6 is 12.4 Å². The lowest BCUT2D eigenvalue weighted by molar-refractivity contribution is 0.0596. The Morgan fingerprint density at radius 3 is 2.64 bits per heavy atom. The van der Waals surface area contributed by atoms with Gasteiger partial charge in [0.2, 0.25) is 10.0 Å². The van der Waals surface area contributed by atoms with Crippen LogP contribution in [0.15, 0.2) is 23.1 Å². The molecule has 3 N–H and O–H groups in total. The lowest BCUT2D eigenvalue weighted by Crippen LogP contribution is -2.59. The number of carbonyl (C=O) groups excluding carboxylic acids is 1. The third kappa shape index (κ3) is 4.53. The summed E-state index contributed by atoms with van der Waals surface area (Å²) in [6.45, 7) is 4.04. The molecule has 0 bridgehead atoms. The molecular weight excluding hydrogens is 364 g/mol. The van der Waals surface area contributed by atoms with Crippen LogP contribution in [0.3, 0.4) is 0 Å². The molecule has 1 fully saturated rings. The van der Waals surface area contributed by atoms with E-state index >= 15 is 0 Å². The van der Waals surface area contributed by atoms with E-state index in [1.54, 1.807) is 13.0 Å². The molecule has 1 aliphatic carbocycles. The van der Waals surface area contributed by atoms with Crippen molar-refractivity contribution in [2.75, 3.05) is 13.7 Å². The maximum atomic E-state index is 13.0. The summed E-state index contributed by atoms with van der Waals surface area (Å²) in [6.07, 6.45) is 3.63. The average molecular weight is 391 g/mol. The first-order valence-corrected chi connectivity index (χ1v) is 9.67. The smallest absolute Gasteiger partial charge is 0.339 e. The number of carbonyl (C=O) groups is 1. The van der Waals surface area contributed by atoms with Crippen LogP contribution in [0.4, 0.5) is 0 Å². The molecule has 0 spiro atoms. The Bertz CT molecular complexity index is 723. The predicted molar refractivity (Wildman–Crippen MR) is 99.5 cm³/mol. The number of methoxy groups -OCH3 is 1. The molecule has 1 aliphatic rings. The van der Waals surface area contributed by atoms with Gasteiger partial charge in [-0.3, -0.25) is 0 Å². The minimum absolute atomic E-state index is 0. The van der Waals surface area contributed by atoms with E-state index < -0.39 is 21.5 Å². The quantitative estimate of drug-likeness (QED) is 0.752. The van der Waals surface area contributed by atoms with Crippen molar-refractivity contribution in [1.29, 1.82) is 0 Å². The molecule has 0 radical (unpaired) electrons. The van der Waals surface area contributed by atoms with Crippen molar-refractivity contribution in [3.8, 4) is 0 Å². The van der Waals surface area contributed by atoms with Gasteiger partial charge < -0.3 is 10.5 Å². The molecule has 142 valence electrons. The van der Waals surface area contributed by atoms with E-state index in [4.69, 9.17) is 10.5 Å². The number of ether oxygens (including phenoxy) is 1. The molecule has 0 aromatic heterocycles. The topological polar surface area (TPSA) is 98.5 Å². The Kier molecular flexibility index (Phi) is 7.43. The number of hydrogen-bond acceptors (Lipinski definition) is 5. The molecule has 0 aliphatic heterocycles. The number of aryl methyl sites for hydroxylation is 1. The van der Waals surface area contributed by atoms with E-state index in [1.165, 1.54) is 19.2 Å². The van der Waals surface area contributed by atoms with Gasteiger partial charge in [-0.1, -0.05) is 31.4 Å². The maximum absolute atomic E-state index is 13.0. The van der Waals surface area contributed by atoms with Gasteiger partial charge in [0.25, 0.3) is 0 Å². The van der Waals surface area contributed by atoms with E-state index in [9.17, 15) is 13.2 Å². The van der Waals surface area contributed by atoms with Crippen molar-refractivity contribution >= 4 is 28.4 Å². The van der Waals surface area contributed by atoms with Crippen LogP contribution in [0.25, 0.3) is 0 Å². The normalized spacial score (nSPS) is 23.6.